The Morgan fingerprint density at radius 1 is 1.23 bits per heavy atom. The minimum absolute atomic E-state index is 0.0985. The summed E-state index contributed by atoms with van der Waals surface area (Å²) in [5, 5.41) is 3.53. The number of aromatic nitrogens is 1. The van der Waals surface area contributed by atoms with Crippen LogP contribution >= 0.6 is 0 Å². The summed E-state index contributed by atoms with van der Waals surface area (Å²) in [4.78, 5) is 9.21. The third-order valence-electron chi connectivity index (χ3n) is 7.53. The molecule has 184 valence electrons. The van der Waals surface area contributed by atoms with Crippen LogP contribution < -0.4 is 10.2 Å². The molecule has 0 amide bonds. The molecule has 1 aromatic rings. The molecule has 0 bridgehead atoms. The molecule has 35 heavy (non-hydrogen) atoms. The SMILES string of the molecule is C=CC1(C)CC=C(C2=CCN(C)C=C2)C=C1/C=C(\C)NC(=C)c1ccnc(N2CCC(C)CC2)c1. The minimum atomic E-state index is -0.0985. The summed E-state index contributed by atoms with van der Waals surface area (Å²) < 4.78 is 0. The van der Waals surface area contributed by atoms with Crippen LogP contribution in [0.3, 0.4) is 0 Å². The van der Waals surface area contributed by atoms with Gasteiger partial charge in [-0.3, -0.25) is 0 Å². The molecular weight excluding hydrogens is 428 g/mol. The van der Waals surface area contributed by atoms with Gasteiger partial charge in [0.15, 0.2) is 0 Å². The van der Waals surface area contributed by atoms with Gasteiger partial charge in [-0.1, -0.05) is 44.7 Å². The molecule has 1 N–H and O–H groups in total. The first-order valence-corrected chi connectivity index (χ1v) is 12.8. The summed E-state index contributed by atoms with van der Waals surface area (Å²) in [7, 11) is 2.10. The van der Waals surface area contributed by atoms with Crippen molar-refractivity contribution in [1.29, 1.82) is 0 Å². The standard InChI is InChI=1S/C31H40N4/c1-7-31(5)14-8-28(26-12-16-34(6)17-13-26)21-29(31)20-24(3)33-25(4)27-9-15-32-30(22-27)35-18-10-23(2)11-19-35/h7-9,12-13,15-16,20-23,33H,1,4,10-11,14,17-19H2,2-3,5-6H3/b24-20+. The van der Waals surface area contributed by atoms with Crippen molar-refractivity contribution in [1.82, 2.24) is 15.2 Å². The van der Waals surface area contributed by atoms with Gasteiger partial charge in [0.2, 0.25) is 0 Å². The molecule has 3 aliphatic rings. The van der Waals surface area contributed by atoms with E-state index in [1.165, 1.54) is 29.6 Å². The lowest BCUT2D eigenvalue weighted by Gasteiger charge is -2.32. The molecule has 2 aliphatic heterocycles. The molecule has 4 nitrogen and oxygen atoms in total. The number of nitrogens with zero attached hydrogens (tertiary/aromatic N) is 3. The van der Waals surface area contributed by atoms with Crippen molar-refractivity contribution in [3.63, 3.8) is 0 Å². The van der Waals surface area contributed by atoms with E-state index in [2.05, 4.69) is 110 Å². The van der Waals surface area contributed by atoms with Gasteiger partial charge >= 0.3 is 0 Å². The van der Waals surface area contributed by atoms with Crippen LogP contribution in [0.15, 0.2) is 96.6 Å². The average Bonchev–Trinajstić information content (AvgIpc) is 2.86. The van der Waals surface area contributed by atoms with E-state index in [1.54, 1.807) is 0 Å². The van der Waals surface area contributed by atoms with Crippen LogP contribution in [0.1, 0.15) is 45.6 Å². The molecule has 0 saturated carbocycles. The minimum Gasteiger partial charge on any atom is -0.377 e. The highest BCUT2D eigenvalue weighted by Crippen LogP contribution is 2.40. The van der Waals surface area contributed by atoms with E-state index < -0.39 is 0 Å². The normalized spacial score (nSPS) is 23.4. The number of likely N-dealkylation sites (N-methyl/N-ethyl adjacent to an activating group) is 1. The lowest BCUT2D eigenvalue weighted by molar-refractivity contribution is 0.436. The molecule has 1 aliphatic carbocycles. The van der Waals surface area contributed by atoms with E-state index in [9.17, 15) is 0 Å². The largest absolute Gasteiger partial charge is 0.377 e. The molecule has 4 rings (SSSR count). The fourth-order valence-corrected chi connectivity index (χ4v) is 4.83. The van der Waals surface area contributed by atoms with Crippen LogP contribution in [0.5, 0.6) is 0 Å². The Labute approximate surface area is 211 Å². The smallest absolute Gasteiger partial charge is 0.129 e. The molecule has 0 spiro atoms. The van der Waals surface area contributed by atoms with E-state index >= 15 is 0 Å². The van der Waals surface area contributed by atoms with Crippen LogP contribution in [-0.4, -0.2) is 36.6 Å². The second-order valence-electron chi connectivity index (χ2n) is 10.5. The van der Waals surface area contributed by atoms with Gasteiger partial charge in [0, 0.05) is 55.3 Å². The molecule has 1 fully saturated rings. The van der Waals surface area contributed by atoms with Crippen LogP contribution in [0.4, 0.5) is 5.82 Å². The predicted octanol–water partition coefficient (Wildman–Crippen LogP) is 6.62. The number of nitrogens with one attached hydrogen (secondary N) is 1. The van der Waals surface area contributed by atoms with E-state index in [-0.39, 0.29) is 5.41 Å². The third kappa shape index (κ3) is 5.87. The van der Waals surface area contributed by atoms with Gasteiger partial charge in [-0.05, 0) is 79.3 Å². The zero-order valence-electron chi connectivity index (χ0n) is 21.8. The highest BCUT2D eigenvalue weighted by molar-refractivity contribution is 5.66. The van der Waals surface area contributed by atoms with Crippen molar-refractivity contribution < 1.29 is 0 Å². The molecule has 0 aromatic carbocycles. The highest BCUT2D eigenvalue weighted by atomic mass is 15.2. The molecular formula is C31H40N4. The number of hydrogen-bond donors (Lipinski definition) is 1. The molecule has 3 heterocycles. The number of pyridine rings is 1. The van der Waals surface area contributed by atoms with E-state index in [4.69, 9.17) is 0 Å². The van der Waals surface area contributed by atoms with Crippen LogP contribution in [0.2, 0.25) is 0 Å². The topological polar surface area (TPSA) is 31.4 Å². The Kier molecular flexibility index (Phi) is 7.49. The third-order valence-corrected chi connectivity index (χ3v) is 7.53. The van der Waals surface area contributed by atoms with Gasteiger partial charge in [0.1, 0.15) is 5.82 Å². The van der Waals surface area contributed by atoms with Gasteiger partial charge in [-0.2, -0.15) is 0 Å². The van der Waals surface area contributed by atoms with Gasteiger partial charge in [0.05, 0.1) is 0 Å². The molecule has 1 atom stereocenters. The Bertz CT molecular complexity index is 1120. The summed E-state index contributed by atoms with van der Waals surface area (Å²) in [5.74, 6) is 1.85. The molecule has 0 radical (unpaired) electrons. The number of anilines is 1. The van der Waals surface area contributed by atoms with Crippen molar-refractivity contribution in [2.45, 2.75) is 40.0 Å². The van der Waals surface area contributed by atoms with Crippen LogP contribution in [0.25, 0.3) is 5.70 Å². The van der Waals surface area contributed by atoms with Crippen molar-refractivity contribution in [3.05, 3.63) is 102 Å². The highest BCUT2D eigenvalue weighted by Gasteiger charge is 2.27. The number of allylic oxidation sites excluding steroid dienone is 9. The Hall–Kier alpha value is -3.27. The first kappa shape index (κ1) is 24.8. The Morgan fingerprint density at radius 3 is 2.69 bits per heavy atom. The maximum Gasteiger partial charge on any atom is 0.129 e. The second kappa shape index (κ2) is 10.6. The Morgan fingerprint density at radius 2 is 2.00 bits per heavy atom. The molecule has 1 saturated heterocycles. The summed E-state index contributed by atoms with van der Waals surface area (Å²) >= 11 is 0. The number of piperidine rings is 1. The quantitative estimate of drug-likeness (QED) is 0.456. The average molecular weight is 469 g/mol. The van der Waals surface area contributed by atoms with E-state index in [1.807, 2.05) is 12.3 Å². The first-order chi connectivity index (χ1) is 16.8. The molecule has 1 aromatic heterocycles. The zero-order chi connectivity index (χ0) is 25.0. The predicted molar refractivity (Wildman–Crippen MR) is 150 cm³/mol. The summed E-state index contributed by atoms with van der Waals surface area (Å²) in [6, 6.07) is 4.19. The van der Waals surface area contributed by atoms with Crippen molar-refractivity contribution >= 4 is 11.5 Å². The van der Waals surface area contributed by atoms with Crippen molar-refractivity contribution in [2.24, 2.45) is 11.3 Å². The molecule has 1 unspecified atom stereocenters. The summed E-state index contributed by atoms with van der Waals surface area (Å²) in [5.41, 5.74) is 6.75. The maximum absolute atomic E-state index is 4.63. The number of rotatable bonds is 7. The van der Waals surface area contributed by atoms with Gasteiger partial charge < -0.3 is 15.1 Å². The number of hydrogen-bond acceptors (Lipinski definition) is 4. The monoisotopic (exact) mass is 468 g/mol. The fourth-order valence-electron chi connectivity index (χ4n) is 4.83. The van der Waals surface area contributed by atoms with Crippen molar-refractivity contribution in [3.8, 4) is 0 Å². The Balaban J connectivity index is 1.50. The van der Waals surface area contributed by atoms with Gasteiger partial charge in [-0.25, -0.2) is 4.98 Å². The lowest BCUT2D eigenvalue weighted by atomic mass is 9.73. The van der Waals surface area contributed by atoms with Gasteiger partial charge in [-0.15, -0.1) is 6.58 Å². The first-order valence-electron chi connectivity index (χ1n) is 12.8. The molecule has 4 heteroatoms. The lowest BCUT2D eigenvalue weighted by Crippen LogP contribution is -2.33. The second-order valence-corrected chi connectivity index (χ2v) is 10.5. The van der Waals surface area contributed by atoms with E-state index in [0.29, 0.717) is 0 Å². The zero-order valence-corrected chi connectivity index (χ0v) is 21.8. The van der Waals surface area contributed by atoms with Gasteiger partial charge in [0.25, 0.3) is 0 Å². The van der Waals surface area contributed by atoms with Crippen LogP contribution in [-0.2, 0) is 0 Å². The van der Waals surface area contributed by atoms with E-state index in [0.717, 1.165) is 54.7 Å². The summed E-state index contributed by atoms with van der Waals surface area (Å²) in [6.07, 6.45) is 20.9. The van der Waals surface area contributed by atoms with Crippen molar-refractivity contribution in [2.75, 3.05) is 31.6 Å². The summed E-state index contributed by atoms with van der Waals surface area (Å²) in [6.45, 7) is 18.3. The van der Waals surface area contributed by atoms with Crippen LogP contribution in [0, 0.1) is 11.3 Å². The fraction of sp³-hybridized carbons (Fsp3) is 0.387. The maximum atomic E-state index is 4.63.